The Labute approximate surface area is 279 Å². The molecule has 1 heterocycles. The van der Waals surface area contributed by atoms with E-state index in [0.29, 0.717) is 22.4 Å². The topological polar surface area (TPSA) is 121 Å². The summed E-state index contributed by atoms with van der Waals surface area (Å²) in [5.74, 6) is 4.85. The average Bonchev–Trinajstić information content (AvgIpc) is 3.54. The first-order chi connectivity index (χ1) is 22.6. The Bertz CT molecular complexity index is 1810. The Morgan fingerprint density at radius 3 is 2.27 bits per heavy atom. The maximum absolute atomic E-state index is 13.5. The zero-order valence-electron chi connectivity index (χ0n) is 27.8. The van der Waals surface area contributed by atoms with Crippen molar-refractivity contribution in [2.24, 2.45) is 0 Å². The maximum atomic E-state index is 13.5. The zero-order valence-corrected chi connectivity index (χ0v) is 27.8. The van der Waals surface area contributed by atoms with Gasteiger partial charge in [-0.3, -0.25) is 14.9 Å². The summed E-state index contributed by atoms with van der Waals surface area (Å²) in [6, 6.07) is 15.6. The lowest BCUT2D eigenvalue weighted by Crippen LogP contribution is -2.28. The SMILES string of the molecule is CC(C)(C)OCCOc1cc(NC(=O)OC(C)(C)C)c(NC(=O)CC(=O)c2cccc(-n3ccnc3)c2)cc1C#Cc1ccc(F)cc1. The minimum Gasteiger partial charge on any atom is -0.490 e. The highest BCUT2D eigenvalue weighted by Gasteiger charge is 2.21. The van der Waals surface area contributed by atoms with Crippen LogP contribution >= 0.6 is 0 Å². The van der Waals surface area contributed by atoms with Crippen LogP contribution in [0.25, 0.3) is 5.69 Å². The van der Waals surface area contributed by atoms with Gasteiger partial charge in [0.15, 0.2) is 5.78 Å². The highest BCUT2D eigenvalue weighted by atomic mass is 19.1. The Morgan fingerprint density at radius 2 is 1.60 bits per heavy atom. The maximum Gasteiger partial charge on any atom is 0.412 e. The lowest BCUT2D eigenvalue weighted by molar-refractivity contribution is -0.115. The number of ether oxygens (including phenoxy) is 3. The number of carbonyl (C=O) groups excluding carboxylic acids is 3. The van der Waals surface area contributed by atoms with E-state index in [1.807, 2.05) is 26.8 Å². The van der Waals surface area contributed by atoms with E-state index >= 15 is 0 Å². The first kappa shape index (κ1) is 35.4. The van der Waals surface area contributed by atoms with E-state index in [9.17, 15) is 18.8 Å². The monoisotopic (exact) mass is 654 g/mol. The van der Waals surface area contributed by atoms with Crippen molar-refractivity contribution < 1.29 is 33.0 Å². The molecule has 0 saturated carbocycles. The van der Waals surface area contributed by atoms with Crippen LogP contribution < -0.4 is 15.4 Å². The number of rotatable bonds is 10. The highest BCUT2D eigenvalue weighted by molar-refractivity contribution is 6.12. The van der Waals surface area contributed by atoms with E-state index in [1.165, 1.54) is 36.4 Å². The summed E-state index contributed by atoms with van der Waals surface area (Å²) in [4.78, 5) is 43.3. The van der Waals surface area contributed by atoms with Gasteiger partial charge in [-0.15, -0.1) is 0 Å². The number of carbonyl (C=O) groups is 3. The molecule has 1 aromatic heterocycles. The smallest absolute Gasteiger partial charge is 0.412 e. The molecule has 0 spiro atoms. The molecule has 0 aliphatic carbocycles. The molecule has 3 aromatic carbocycles. The minimum atomic E-state index is -0.796. The lowest BCUT2D eigenvalue weighted by Gasteiger charge is -2.22. The fraction of sp³-hybridized carbons (Fsp3) is 0.297. The molecule has 10 nitrogen and oxygen atoms in total. The molecule has 4 aromatic rings. The molecule has 0 aliphatic heterocycles. The number of ketones is 1. The van der Waals surface area contributed by atoms with Crippen LogP contribution in [0.2, 0.25) is 0 Å². The molecule has 48 heavy (non-hydrogen) atoms. The molecular formula is C37H39FN4O6. The number of amides is 2. The Hall–Kier alpha value is -5.47. The number of hydrogen-bond acceptors (Lipinski definition) is 7. The largest absolute Gasteiger partial charge is 0.490 e. The quantitative estimate of drug-likeness (QED) is 0.0806. The van der Waals surface area contributed by atoms with E-state index < -0.39 is 35.6 Å². The van der Waals surface area contributed by atoms with Crippen molar-refractivity contribution in [2.45, 2.75) is 59.2 Å². The van der Waals surface area contributed by atoms with Crippen molar-refractivity contribution in [3.05, 3.63) is 102 Å². The van der Waals surface area contributed by atoms with Gasteiger partial charge in [-0.25, -0.2) is 14.2 Å². The standard InChI is InChI=1S/C37H39FN4O6/c1-36(2,3)47-19-18-46-33-22-31(41-35(45)48-37(4,5)6)30(21-27(33)13-10-25-11-14-28(38)15-12-25)40-34(44)23-32(43)26-8-7-9-29(20-26)42-17-16-39-24-42/h7-9,11-12,14-17,20-22,24H,18-19,23H2,1-6H3,(H,40,44)(H,41,45). The molecule has 4 rings (SSSR count). The van der Waals surface area contributed by atoms with Crippen molar-refractivity contribution in [1.82, 2.24) is 9.55 Å². The van der Waals surface area contributed by atoms with Gasteiger partial charge in [0.05, 0.1) is 41.9 Å². The fourth-order valence-corrected chi connectivity index (χ4v) is 4.28. The molecule has 11 heteroatoms. The molecule has 2 amide bonds. The van der Waals surface area contributed by atoms with Gasteiger partial charge in [0.1, 0.15) is 23.8 Å². The number of halogens is 1. The van der Waals surface area contributed by atoms with Crippen molar-refractivity contribution in [2.75, 3.05) is 23.8 Å². The van der Waals surface area contributed by atoms with Crippen molar-refractivity contribution in [3.8, 4) is 23.3 Å². The van der Waals surface area contributed by atoms with Gasteiger partial charge in [-0.2, -0.15) is 0 Å². The van der Waals surface area contributed by atoms with Crippen molar-refractivity contribution >= 4 is 29.2 Å². The molecule has 250 valence electrons. The van der Waals surface area contributed by atoms with Crippen LogP contribution in [0.4, 0.5) is 20.6 Å². The fourth-order valence-electron chi connectivity index (χ4n) is 4.28. The first-order valence-corrected chi connectivity index (χ1v) is 15.3. The van der Waals surface area contributed by atoms with Crippen molar-refractivity contribution in [3.63, 3.8) is 0 Å². The number of hydrogen-bond donors (Lipinski definition) is 2. The highest BCUT2D eigenvalue weighted by Crippen LogP contribution is 2.32. The molecule has 2 N–H and O–H groups in total. The van der Waals surface area contributed by atoms with Gasteiger partial charge in [-0.1, -0.05) is 24.0 Å². The predicted octanol–water partition coefficient (Wildman–Crippen LogP) is 7.16. The van der Waals surface area contributed by atoms with Gasteiger partial charge in [0.2, 0.25) is 5.91 Å². The molecular weight excluding hydrogens is 615 g/mol. The molecule has 0 fully saturated rings. The molecule has 0 unspecified atom stereocenters. The van der Waals surface area contributed by atoms with Crippen LogP contribution in [0.5, 0.6) is 5.75 Å². The van der Waals surface area contributed by atoms with Crippen LogP contribution in [0.3, 0.4) is 0 Å². The Balaban J connectivity index is 1.65. The third kappa shape index (κ3) is 11.1. The number of Topliss-reactive ketones (excluding diaryl/α,β-unsaturated/α-hetero) is 1. The van der Waals surface area contributed by atoms with Crippen LogP contribution in [-0.2, 0) is 14.3 Å². The second kappa shape index (κ2) is 15.4. The Morgan fingerprint density at radius 1 is 0.875 bits per heavy atom. The second-order valence-electron chi connectivity index (χ2n) is 12.8. The number of benzene rings is 3. The number of nitrogens with one attached hydrogen (secondary N) is 2. The number of anilines is 2. The summed E-state index contributed by atoms with van der Waals surface area (Å²) in [5, 5.41) is 5.41. The van der Waals surface area contributed by atoms with E-state index in [2.05, 4.69) is 27.5 Å². The summed E-state index contributed by atoms with van der Waals surface area (Å²) >= 11 is 0. The number of nitrogens with zero attached hydrogens (tertiary/aromatic N) is 2. The van der Waals surface area contributed by atoms with E-state index in [1.54, 1.807) is 62.3 Å². The number of aromatic nitrogens is 2. The normalized spacial score (nSPS) is 11.2. The van der Waals surface area contributed by atoms with E-state index in [0.717, 1.165) is 5.69 Å². The van der Waals surface area contributed by atoms with Gasteiger partial charge < -0.3 is 24.1 Å². The summed E-state index contributed by atoms with van der Waals surface area (Å²) in [6.07, 6.45) is 3.74. The molecule has 0 atom stereocenters. The minimum absolute atomic E-state index is 0.159. The summed E-state index contributed by atoms with van der Waals surface area (Å²) in [5.41, 5.74) is 1.10. The first-order valence-electron chi connectivity index (χ1n) is 15.3. The molecule has 0 aliphatic rings. The van der Waals surface area contributed by atoms with Crippen LogP contribution in [0.15, 0.2) is 79.4 Å². The van der Waals surface area contributed by atoms with Gasteiger partial charge in [0.25, 0.3) is 0 Å². The van der Waals surface area contributed by atoms with Crippen LogP contribution in [0, 0.1) is 17.7 Å². The van der Waals surface area contributed by atoms with E-state index in [4.69, 9.17) is 14.2 Å². The molecule has 0 radical (unpaired) electrons. The van der Waals surface area contributed by atoms with Gasteiger partial charge in [0, 0.05) is 35.3 Å². The Kier molecular flexibility index (Phi) is 11.4. The molecule has 0 saturated heterocycles. The van der Waals surface area contributed by atoms with Gasteiger partial charge in [-0.05, 0) is 84.0 Å². The van der Waals surface area contributed by atoms with E-state index in [-0.39, 0.29) is 30.2 Å². The van der Waals surface area contributed by atoms with Crippen molar-refractivity contribution in [1.29, 1.82) is 0 Å². The lowest BCUT2D eigenvalue weighted by atomic mass is 10.1. The molecule has 0 bridgehead atoms. The summed E-state index contributed by atoms with van der Waals surface area (Å²) < 4.78 is 32.5. The second-order valence-corrected chi connectivity index (χ2v) is 12.8. The van der Waals surface area contributed by atoms with Gasteiger partial charge >= 0.3 is 6.09 Å². The van der Waals surface area contributed by atoms with Crippen LogP contribution in [-0.4, -0.2) is 51.8 Å². The van der Waals surface area contributed by atoms with Crippen LogP contribution in [0.1, 0.15) is 69.4 Å². The number of imidazole rings is 1. The predicted molar refractivity (Wildman–Crippen MR) is 181 cm³/mol. The zero-order chi connectivity index (χ0) is 34.9. The third-order valence-electron chi connectivity index (χ3n) is 6.38. The summed E-state index contributed by atoms with van der Waals surface area (Å²) in [6.45, 7) is 11.4. The third-order valence-corrected chi connectivity index (χ3v) is 6.38. The summed E-state index contributed by atoms with van der Waals surface area (Å²) in [7, 11) is 0. The average molecular weight is 655 g/mol.